The maximum absolute atomic E-state index is 13.3. The van der Waals surface area contributed by atoms with Crippen LogP contribution in [0.25, 0.3) is 0 Å². The first-order valence-electron chi connectivity index (χ1n) is 10.8. The molecule has 1 amide bonds. The molecule has 35 heavy (non-hydrogen) atoms. The first kappa shape index (κ1) is 26.7. The van der Waals surface area contributed by atoms with E-state index in [0.717, 1.165) is 5.56 Å². The van der Waals surface area contributed by atoms with Crippen LogP contribution in [0.4, 0.5) is 26.3 Å². The summed E-state index contributed by atoms with van der Waals surface area (Å²) in [6, 6.07) is 11.2. The van der Waals surface area contributed by atoms with Gasteiger partial charge in [-0.25, -0.2) is 0 Å². The zero-order valence-electron chi connectivity index (χ0n) is 18.9. The van der Waals surface area contributed by atoms with Crippen LogP contribution in [0.1, 0.15) is 53.0 Å². The first-order chi connectivity index (χ1) is 16.3. The normalized spacial score (nSPS) is 13.1. The lowest BCUT2D eigenvalue weighted by Crippen LogP contribution is -2.38. The van der Waals surface area contributed by atoms with Crippen LogP contribution in [0, 0.1) is 0 Å². The third-order valence-corrected chi connectivity index (χ3v) is 6.14. The highest BCUT2D eigenvalue weighted by molar-refractivity contribution is 6.31. The fourth-order valence-corrected chi connectivity index (χ4v) is 3.82. The lowest BCUT2D eigenvalue weighted by Gasteiger charge is -2.30. The number of halogens is 7. The fraction of sp³-hybridized carbons (Fsp3) is 0.320. The lowest BCUT2D eigenvalue weighted by atomic mass is 10.0. The molecule has 0 radical (unpaired) electrons. The van der Waals surface area contributed by atoms with E-state index in [1.807, 2.05) is 16.7 Å². The molecule has 0 saturated carbocycles. The highest BCUT2D eigenvalue weighted by atomic mass is 35.5. The third kappa shape index (κ3) is 6.39. The summed E-state index contributed by atoms with van der Waals surface area (Å²) in [5.74, 6) is -0.915. The smallest absolute Gasteiger partial charge is 0.345 e. The van der Waals surface area contributed by atoms with E-state index in [1.165, 1.54) is 4.90 Å². The number of hydrogen-bond acceptors (Lipinski definition) is 1. The molecule has 3 rings (SSSR count). The average Bonchev–Trinajstić information content (AvgIpc) is 3.23. The molecule has 0 bridgehead atoms. The Kier molecular flexibility index (Phi) is 7.89. The summed E-state index contributed by atoms with van der Waals surface area (Å²) < 4.78 is 81.7. The second-order valence-corrected chi connectivity index (χ2v) is 8.61. The Bertz CT molecular complexity index is 1150. The van der Waals surface area contributed by atoms with Crippen LogP contribution in [-0.2, 0) is 25.4 Å². The number of carbonyl (C=O) groups is 1. The largest absolute Gasteiger partial charge is 0.416 e. The van der Waals surface area contributed by atoms with E-state index in [-0.39, 0.29) is 12.6 Å². The molecule has 0 aliphatic rings. The molecule has 3 aromatic rings. The van der Waals surface area contributed by atoms with Gasteiger partial charge in [0.15, 0.2) is 0 Å². The van der Waals surface area contributed by atoms with Crippen LogP contribution in [0.5, 0.6) is 0 Å². The van der Waals surface area contributed by atoms with Gasteiger partial charge in [-0.1, -0.05) is 36.7 Å². The van der Waals surface area contributed by atoms with Crippen molar-refractivity contribution in [1.29, 1.82) is 0 Å². The zero-order valence-corrected chi connectivity index (χ0v) is 19.7. The number of amides is 1. The number of benzene rings is 2. The Balaban J connectivity index is 1.98. The fourth-order valence-electron chi connectivity index (χ4n) is 3.62. The quantitative estimate of drug-likeness (QED) is 0.296. The van der Waals surface area contributed by atoms with Crippen LogP contribution >= 0.6 is 11.6 Å². The van der Waals surface area contributed by atoms with Gasteiger partial charge in [0.1, 0.15) is 0 Å². The molecule has 0 N–H and O–H groups in total. The lowest BCUT2D eigenvalue weighted by molar-refractivity contribution is -0.143. The summed E-state index contributed by atoms with van der Waals surface area (Å²) in [5.41, 5.74) is -2.25. The van der Waals surface area contributed by atoms with Crippen molar-refractivity contribution in [1.82, 2.24) is 9.47 Å². The van der Waals surface area contributed by atoms with Crippen molar-refractivity contribution in [2.75, 3.05) is 0 Å². The molecule has 188 valence electrons. The number of alkyl halides is 6. The summed E-state index contributed by atoms with van der Waals surface area (Å²) in [6.45, 7) is 3.84. The topological polar surface area (TPSA) is 25.2 Å². The molecular weight excluding hydrogens is 494 g/mol. The molecule has 10 heteroatoms. The van der Waals surface area contributed by atoms with E-state index < -0.39 is 41.0 Å². The summed E-state index contributed by atoms with van der Waals surface area (Å²) >= 11 is 6.24. The molecule has 1 unspecified atom stereocenters. The van der Waals surface area contributed by atoms with Gasteiger partial charge in [-0.05, 0) is 55.3 Å². The Hall–Kier alpha value is -2.94. The molecule has 0 spiro atoms. The number of hydrogen-bond donors (Lipinski definition) is 0. The van der Waals surface area contributed by atoms with Gasteiger partial charge in [-0.2, -0.15) is 26.3 Å². The van der Waals surface area contributed by atoms with Gasteiger partial charge >= 0.3 is 12.4 Å². The van der Waals surface area contributed by atoms with Crippen LogP contribution in [0.2, 0.25) is 5.02 Å². The predicted molar refractivity (Wildman–Crippen MR) is 121 cm³/mol. The van der Waals surface area contributed by atoms with Crippen LogP contribution < -0.4 is 0 Å². The van der Waals surface area contributed by atoms with Gasteiger partial charge in [0.05, 0.1) is 17.7 Å². The zero-order chi connectivity index (χ0) is 26.0. The van der Waals surface area contributed by atoms with Crippen molar-refractivity contribution in [3.63, 3.8) is 0 Å². The van der Waals surface area contributed by atoms with E-state index in [4.69, 9.17) is 11.6 Å². The third-order valence-electron chi connectivity index (χ3n) is 5.77. The van der Waals surface area contributed by atoms with Crippen LogP contribution in [0.3, 0.4) is 0 Å². The van der Waals surface area contributed by atoms with Gasteiger partial charge in [0.2, 0.25) is 0 Å². The molecule has 1 heterocycles. The monoisotopic (exact) mass is 516 g/mol. The SMILES string of the molecule is CCC(C)N(Cc1cccn1Cc1ccccc1Cl)C(=O)c1cc(C(F)(F)F)cc(C(F)(F)F)c1. The maximum Gasteiger partial charge on any atom is 0.416 e. The second kappa shape index (κ2) is 10.4. The Morgan fingerprint density at radius 2 is 1.57 bits per heavy atom. The average molecular weight is 517 g/mol. The van der Waals surface area contributed by atoms with Crippen molar-refractivity contribution >= 4 is 17.5 Å². The van der Waals surface area contributed by atoms with E-state index in [0.29, 0.717) is 35.8 Å². The first-order valence-corrected chi connectivity index (χ1v) is 11.2. The van der Waals surface area contributed by atoms with Crippen molar-refractivity contribution in [3.05, 3.63) is 93.8 Å². The van der Waals surface area contributed by atoms with Gasteiger partial charge in [-0.3, -0.25) is 4.79 Å². The Morgan fingerprint density at radius 3 is 2.11 bits per heavy atom. The molecule has 1 aromatic heterocycles. The molecule has 1 atom stereocenters. The summed E-state index contributed by atoms with van der Waals surface area (Å²) in [5, 5.41) is 0.547. The predicted octanol–water partition coefficient (Wildman–Crippen LogP) is 7.67. The summed E-state index contributed by atoms with van der Waals surface area (Å²) in [4.78, 5) is 14.6. The minimum Gasteiger partial charge on any atom is -0.345 e. The Morgan fingerprint density at radius 1 is 0.971 bits per heavy atom. The second-order valence-electron chi connectivity index (χ2n) is 8.20. The van der Waals surface area contributed by atoms with Crippen molar-refractivity contribution in [2.24, 2.45) is 0 Å². The molecule has 0 aliphatic carbocycles. The number of aromatic nitrogens is 1. The maximum atomic E-state index is 13.3. The molecule has 0 aliphatic heterocycles. The standard InChI is InChI=1S/C25H23ClF6N2O/c1-3-16(2)34(15-21-8-6-10-33(21)14-17-7-4-5-9-22(17)26)23(35)18-11-19(24(27,28)29)13-20(12-18)25(30,31)32/h4-13,16H,3,14-15H2,1-2H3. The van der Waals surface area contributed by atoms with E-state index in [1.54, 1.807) is 44.3 Å². The van der Waals surface area contributed by atoms with Crippen LogP contribution in [-0.4, -0.2) is 21.4 Å². The van der Waals surface area contributed by atoms with Gasteiger partial charge in [0, 0.05) is 35.1 Å². The van der Waals surface area contributed by atoms with E-state index in [2.05, 4.69) is 0 Å². The Labute approximate surface area is 203 Å². The number of rotatable bonds is 7. The molecule has 3 nitrogen and oxygen atoms in total. The minimum atomic E-state index is -5.04. The van der Waals surface area contributed by atoms with Gasteiger partial charge in [0.25, 0.3) is 5.91 Å². The number of carbonyl (C=O) groups excluding carboxylic acids is 1. The van der Waals surface area contributed by atoms with Gasteiger partial charge < -0.3 is 9.47 Å². The van der Waals surface area contributed by atoms with Crippen molar-refractivity contribution in [2.45, 2.75) is 51.8 Å². The number of nitrogens with zero attached hydrogens (tertiary/aromatic N) is 2. The van der Waals surface area contributed by atoms with E-state index in [9.17, 15) is 31.1 Å². The highest BCUT2D eigenvalue weighted by Crippen LogP contribution is 2.37. The molecule has 0 fully saturated rings. The summed E-state index contributed by atoms with van der Waals surface area (Å²) in [6.07, 6.45) is -7.87. The molecule has 2 aromatic carbocycles. The van der Waals surface area contributed by atoms with Crippen molar-refractivity contribution in [3.8, 4) is 0 Å². The van der Waals surface area contributed by atoms with E-state index >= 15 is 0 Å². The minimum absolute atomic E-state index is 0.0110. The molecule has 0 saturated heterocycles. The molecular formula is C25H23ClF6N2O. The van der Waals surface area contributed by atoms with Crippen molar-refractivity contribution < 1.29 is 31.1 Å². The summed E-state index contributed by atoms with van der Waals surface area (Å²) in [7, 11) is 0. The van der Waals surface area contributed by atoms with Crippen LogP contribution in [0.15, 0.2) is 60.8 Å². The highest BCUT2D eigenvalue weighted by Gasteiger charge is 2.38. The van der Waals surface area contributed by atoms with Gasteiger partial charge in [-0.15, -0.1) is 0 Å².